The van der Waals surface area contributed by atoms with Gasteiger partial charge in [0.15, 0.2) is 0 Å². The van der Waals surface area contributed by atoms with Crippen LogP contribution in [0, 0.1) is 0 Å². The highest BCUT2D eigenvalue weighted by atomic mass is 15.1. The van der Waals surface area contributed by atoms with Crippen molar-refractivity contribution < 1.29 is 0 Å². The van der Waals surface area contributed by atoms with Crippen molar-refractivity contribution in [1.29, 1.82) is 0 Å². The van der Waals surface area contributed by atoms with Crippen molar-refractivity contribution >= 4 is 60.3 Å². The molecular weight excluding hydrogens is 713 g/mol. The van der Waals surface area contributed by atoms with Crippen molar-refractivity contribution in [3.05, 3.63) is 224 Å². The maximum atomic E-state index is 2.42. The minimum Gasteiger partial charge on any atom is -0.343 e. The van der Waals surface area contributed by atoms with E-state index in [-0.39, 0.29) is 0 Å². The summed E-state index contributed by atoms with van der Waals surface area (Å²) in [6.45, 7) is 0. The van der Waals surface area contributed by atoms with Crippen LogP contribution in [0.4, 0.5) is 17.1 Å². The molecule has 0 aliphatic carbocycles. The van der Waals surface area contributed by atoms with E-state index in [9.17, 15) is 0 Å². The predicted octanol–water partition coefficient (Wildman–Crippen LogP) is 15.8. The van der Waals surface area contributed by atoms with E-state index in [1.165, 1.54) is 87.9 Å². The minimum absolute atomic E-state index is 1.09. The molecule has 1 aromatic heterocycles. The van der Waals surface area contributed by atoms with Crippen molar-refractivity contribution in [2.24, 2.45) is 7.05 Å². The molecule has 11 aromatic rings. The molecule has 0 atom stereocenters. The summed E-state index contributed by atoms with van der Waals surface area (Å²) in [6, 6.07) is 81.5. The van der Waals surface area contributed by atoms with Gasteiger partial charge in [-0.2, -0.15) is 0 Å². The molecule has 2 heteroatoms. The quantitative estimate of drug-likeness (QED) is 0.147. The molecule has 0 spiro atoms. The van der Waals surface area contributed by atoms with Crippen LogP contribution in [0.3, 0.4) is 0 Å². The van der Waals surface area contributed by atoms with Gasteiger partial charge in [0.05, 0.1) is 11.2 Å². The molecule has 1 heterocycles. The molecule has 0 N–H and O–H groups in total. The Morgan fingerprint density at radius 3 is 1.39 bits per heavy atom. The van der Waals surface area contributed by atoms with E-state index in [4.69, 9.17) is 0 Å². The molecule has 0 aliphatic heterocycles. The van der Waals surface area contributed by atoms with Crippen molar-refractivity contribution in [1.82, 2.24) is 4.57 Å². The number of aromatic nitrogens is 1. The first-order chi connectivity index (χ1) is 29.2. The summed E-state index contributed by atoms with van der Waals surface area (Å²) in [5.41, 5.74) is 14.2. The number of hydrogen-bond acceptors (Lipinski definition) is 1. The monoisotopic (exact) mass is 752 g/mol. The average Bonchev–Trinajstić information content (AvgIpc) is 3.63. The summed E-state index contributed by atoms with van der Waals surface area (Å²) in [4.78, 5) is 2.37. The number of rotatable bonds is 7. The van der Waals surface area contributed by atoms with Crippen LogP contribution >= 0.6 is 0 Å². The van der Waals surface area contributed by atoms with Gasteiger partial charge in [-0.05, 0) is 96.7 Å². The van der Waals surface area contributed by atoms with Crippen LogP contribution in [0.2, 0.25) is 0 Å². The molecule has 0 bridgehead atoms. The molecule has 0 amide bonds. The normalized spacial score (nSPS) is 11.5. The number of hydrogen-bond donors (Lipinski definition) is 0. The van der Waals surface area contributed by atoms with E-state index in [1.54, 1.807) is 0 Å². The summed E-state index contributed by atoms with van der Waals surface area (Å²) in [7, 11) is 2.23. The summed E-state index contributed by atoms with van der Waals surface area (Å²) in [5, 5.41) is 8.87. The van der Waals surface area contributed by atoms with Gasteiger partial charge in [-0.1, -0.05) is 188 Å². The Morgan fingerprint density at radius 1 is 0.322 bits per heavy atom. The van der Waals surface area contributed by atoms with Gasteiger partial charge < -0.3 is 9.47 Å². The van der Waals surface area contributed by atoms with Crippen molar-refractivity contribution in [3.63, 3.8) is 0 Å². The van der Waals surface area contributed by atoms with E-state index < -0.39 is 0 Å². The van der Waals surface area contributed by atoms with Crippen LogP contribution in [0.5, 0.6) is 0 Å². The SMILES string of the molecule is Cn1c(-c2ccccc2)c(-c2ccc(N(c3ccc(-c4ccccc4)cc3)c3ccc(-c4cccc5ccccc45)cc3)cc2)c2c3ccccc3c3ccccc3c21. The molecule has 59 heavy (non-hydrogen) atoms. The second-order valence-corrected chi connectivity index (χ2v) is 15.3. The topological polar surface area (TPSA) is 8.17 Å². The van der Waals surface area contributed by atoms with Gasteiger partial charge in [-0.3, -0.25) is 0 Å². The van der Waals surface area contributed by atoms with Crippen LogP contribution in [0.25, 0.3) is 87.9 Å². The lowest BCUT2D eigenvalue weighted by molar-refractivity contribution is 0.983. The lowest BCUT2D eigenvalue weighted by Crippen LogP contribution is -2.09. The van der Waals surface area contributed by atoms with E-state index in [1.807, 2.05) is 0 Å². The number of nitrogens with zero attached hydrogens (tertiary/aromatic N) is 2. The third-order valence-electron chi connectivity index (χ3n) is 12.0. The van der Waals surface area contributed by atoms with Gasteiger partial charge in [0.2, 0.25) is 0 Å². The minimum atomic E-state index is 1.09. The van der Waals surface area contributed by atoms with Crippen LogP contribution in [0.15, 0.2) is 224 Å². The zero-order chi connectivity index (χ0) is 39.3. The molecule has 0 saturated carbocycles. The summed E-state index contributed by atoms with van der Waals surface area (Å²) < 4.78 is 2.42. The standard InChI is InChI=1S/C57H40N2/c1-58-56(44-18-6-3-7-19-44)54(55-52-24-12-10-22-50(52)51-23-11-13-25-53(51)57(55)58)43-31-37-47(38-32-43)59(45-33-27-40(28-34-45)39-15-4-2-5-16-39)46-35-29-42(30-36-46)49-26-14-20-41-17-8-9-21-48(41)49/h2-38H,1H3. The summed E-state index contributed by atoms with van der Waals surface area (Å²) in [5.74, 6) is 0. The maximum Gasteiger partial charge on any atom is 0.0575 e. The van der Waals surface area contributed by atoms with Crippen LogP contribution in [-0.2, 0) is 7.05 Å². The van der Waals surface area contributed by atoms with Crippen LogP contribution < -0.4 is 4.90 Å². The van der Waals surface area contributed by atoms with E-state index in [0.29, 0.717) is 0 Å². The third-order valence-corrected chi connectivity index (χ3v) is 12.0. The Balaban J connectivity index is 1.08. The average molecular weight is 753 g/mol. The largest absolute Gasteiger partial charge is 0.343 e. The first kappa shape index (κ1) is 34.6. The maximum absolute atomic E-state index is 2.42. The Morgan fingerprint density at radius 2 is 0.763 bits per heavy atom. The van der Waals surface area contributed by atoms with E-state index in [0.717, 1.165) is 17.1 Å². The molecular formula is C57H40N2. The third kappa shape index (κ3) is 5.88. The summed E-state index contributed by atoms with van der Waals surface area (Å²) in [6.07, 6.45) is 0. The van der Waals surface area contributed by atoms with E-state index in [2.05, 4.69) is 241 Å². The zero-order valence-electron chi connectivity index (χ0n) is 32.8. The fourth-order valence-electron chi connectivity index (χ4n) is 9.26. The molecule has 0 saturated heterocycles. The first-order valence-corrected chi connectivity index (χ1v) is 20.3. The fraction of sp³-hybridized carbons (Fsp3) is 0.0175. The van der Waals surface area contributed by atoms with Gasteiger partial charge in [0, 0.05) is 40.4 Å². The van der Waals surface area contributed by atoms with Crippen LogP contribution in [0.1, 0.15) is 0 Å². The summed E-state index contributed by atoms with van der Waals surface area (Å²) >= 11 is 0. The van der Waals surface area contributed by atoms with E-state index >= 15 is 0 Å². The predicted molar refractivity (Wildman–Crippen MR) is 252 cm³/mol. The number of benzene rings is 10. The highest BCUT2D eigenvalue weighted by molar-refractivity contribution is 6.29. The molecule has 0 radical (unpaired) electrons. The van der Waals surface area contributed by atoms with Crippen molar-refractivity contribution in [3.8, 4) is 44.6 Å². The molecule has 0 fully saturated rings. The van der Waals surface area contributed by atoms with Crippen molar-refractivity contribution in [2.75, 3.05) is 4.90 Å². The van der Waals surface area contributed by atoms with Crippen molar-refractivity contribution in [2.45, 2.75) is 0 Å². The molecule has 0 unspecified atom stereocenters. The second kappa shape index (κ2) is 14.4. The van der Waals surface area contributed by atoms with Gasteiger partial charge >= 0.3 is 0 Å². The van der Waals surface area contributed by atoms with Crippen LogP contribution in [-0.4, -0.2) is 4.57 Å². The van der Waals surface area contributed by atoms with Gasteiger partial charge in [-0.25, -0.2) is 0 Å². The Hall–Kier alpha value is -7.68. The van der Waals surface area contributed by atoms with Gasteiger partial charge in [-0.15, -0.1) is 0 Å². The smallest absolute Gasteiger partial charge is 0.0575 e. The number of anilines is 3. The highest BCUT2D eigenvalue weighted by Gasteiger charge is 2.23. The zero-order valence-corrected chi connectivity index (χ0v) is 32.8. The molecule has 10 aromatic carbocycles. The number of fused-ring (bicyclic) bond motifs is 7. The second-order valence-electron chi connectivity index (χ2n) is 15.3. The Bertz CT molecular complexity index is 3280. The lowest BCUT2D eigenvalue weighted by Gasteiger charge is -2.26. The molecule has 0 aliphatic rings. The highest BCUT2D eigenvalue weighted by Crippen LogP contribution is 2.47. The number of aryl methyl sites for hydroxylation is 1. The molecule has 11 rings (SSSR count). The molecule has 2 nitrogen and oxygen atoms in total. The molecule has 278 valence electrons. The Kier molecular flexibility index (Phi) is 8.41. The van der Waals surface area contributed by atoms with Gasteiger partial charge in [0.1, 0.15) is 0 Å². The first-order valence-electron chi connectivity index (χ1n) is 20.3. The fourth-order valence-corrected chi connectivity index (χ4v) is 9.26. The Labute approximate surface area is 344 Å². The lowest BCUT2D eigenvalue weighted by atomic mass is 9.92. The van der Waals surface area contributed by atoms with Gasteiger partial charge in [0.25, 0.3) is 0 Å².